The molecule has 0 aliphatic heterocycles. The third-order valence-electron chi connectivity index (χ3n) is 3.77. The van der Waals surface area contributed by atoms with E-state index in [1.54, 1.807) is 18.2 Å². The molecule has 5 heteroatoms. The number of nitrogens with zero attached hydrogens (tertiary/aromatic N) is 2. The van der Waals surface area contributed by atoms with Gasteiger partial charge in [-0.05, 0) is 36.6 Å². The summed E-state index contributed by atoms with van der Waals surface area (Å²) in [7, 11) is 0. The van der Waals surface area contributed by atoms with Crippen molar-refractivity contribution in [2.45, 2.75) is 20.3 Å². The normalized spacial score (nSPS) is 10.7. The topological polar surface area (TPSA) is 37.8 Å². The summed E-state index contributed by atoms with van der Waals surface area (Å²) in [5.74, 6) is 0.632. The van der Waals surface area contributed by atoms with Gasteiger partial charge in [-0.1, -0.05) is 48.9 Å². The molecule has 3 rings (SSSR count). The van der Waals surface area contributed by atoms with Crippen LogP contribution in [0.5, 0.6) is 0 Å². The Hall–Kier alpha value is -2.46. The van der Waals surface area contributed by atoms with Crippen LogP contribution in [0.25, 0.3) is 11.4 Å². The van der Waals surface area contributed by atoms with E-state index in [0.29, 0.717) is 22.4 Å². The predicted octanol–water partition coefficient (Wildman–Crippen LogP) is 5.55. The van der Waals surface area contributed by atoms with Gasteiger partial charge in [0.15, 0.2) is 5.82 Å². The monoisotopic (exact) mass is 341 g/mol. The van der Waals surface area contributed by atoms with E-state index >= 15 is 0 Å². The van der Waals surface area contributed by atoms with E-state index in [9.17, 15) is 4.39 Å². The number of halogens is 2. The highest BCUT2D eigenvalue weighted by molar-refractivity contribution is 6.29. The number of aryl methyl sites for hydroxylation is 2. The second-order valence-electron chi connectivity index (χ2n) is 5.50. The number of hydrogen-bond donors (Lipinski definition) is 1. The summed E-state index contributed by atoms with van der Waals surface area (Å²) in [4.78, 5) is 8.68. The molecule has 0 bridgehead atoms. The molecule has 0 unspecified atom stereocenters. The van der Waals surface area contributed by atoms with E-state index in [1.807, 2.05) is 19.1 Å². The average Bonchev–Trinajstić information content (AvgIpc) is 2.56. The van der Waals surface area contributed by atoms with Crippen LogP contribution >= 0.6 is 11.6 Å². The van der Waals surface area contributed by atoms with Gasteiger partial charge in [0.25, 0.3) is 0 Å². The summed E-state index contributed by atoms with van der Waals surface area (Å²) in [6.07, 6.45) is 0.902. The molecular formula is C19H17ClFN3. The molecule has 0 spiro atoms. The molecule has 0 fully saturated rings. The number of rotatable bonds is 4. The Morgan fingerprint density at radius 3 is 2.62 bits per heavy atom. The van der Waals surface area contributed by atoms with Crippen LogP contribution in [-0.4, -0.2) is 9.97 Å². The molecule has 122 valence electrons. The molecule has 1 heterocycles. The summed E-state index contributed by atoms with van der Waals surface area (Å²) in [5, 5.41) is 3.63. The first-order valence-electron chi connectivity index (χ1n) is 7.73. The molecule has 0 amide bonds. The van der Waals surface area contributed by atoms with Crippen molar-refractivity contribution < 1.29 is 4.39 Å². The zero-order chi connectivity index (χ0) is 17.1. The molecule has 2 aromatic carbocycles. The predicted molar refractivity (Wildman–Crippen MR) is 96.3 cm³/mol. The fourth-order valence-corrected chi connectivity index (χ4v) is 2.75. The Bertz CT molecular complexity index is 880. The molecule has 24 heavy (non-hydrogen) atoms. The van der Waals surface area contributed by atoms with Gasteiger partial charge in [0, 0.05) is 17.3 Å². The smallest absolute Gasteiger partial charge is 0.163 e. The van der Waals surface area contributed by atoms with E-state index in [0.717, 1.165) is 17.7 Å². The van der Waals surface area contributed by atoms with Crippen LogP contribution in [0.1, 0.15) is 18.1 Å². The molecule has 0 saturated heterocycles. The first-order chi connectivity index (χ1) is 11.6. The lowest BCUT2D eigenvalue weighted by atomic mass is 10.1. The number of benzene rings is 2. The third-order valence-corrected chi connectivity index (χ3v) is 3.96. The molecule has 3 aromatic rings. The van der Waals surface area contributed by atoms with Crippen molar-refractivity contribution in [2.75, 3.05) is 5.32 Å². The van der Waals surface area contributed by atoms with Crippen molar-refractivity contribution in [3.8, 4) is 11.4 Å². The second kappa shape index (κ2) is 6.97. The fraction of sp³-hybridized carbons (Fsp3) is 0.158. The minimum absolute atomic E-state index is 0.304. The lowest BCUT2D eigenvalue weighted by Gasteiger charge is -2.14. The Kier molecular flexibility index (Phi) is 4.76. The fourth-order valence-electron chi connectivity index (χ4n) is 2.57. The van der Waals surface area contributed by atoms with E-state index in [1.165, 1.54) is 17.7 Å². The van der Waals surface area contributed by atoms with Gasteiger partial charge in [0.2, 0.25) is 0 Å². The Morgan fingerprint density at radius 2 is 1.88 bits per heavy atom. The SMILES string of the molecule is CCc1cccc(C)c1Nc1cc(Cl)nc(-c2cccc(F)c2)n1. The Labute approximate surface area is 145 Å². The van der Waals surface area contributed by atoms with Gasteiger partial charge in [-0.25, -0.2) is 14.4 Å². The zero-order valence-corrected chi connectivity index (χ0v) is 14.2. The highest BCUT2D eigenvalue weighted by atomic mass is 35.5. The summed E-state index contributed by atoms with van der Waals surface area (Å²) in [5.41, 5.74) is 3.91. The summed E-state index contributed by atoms with van der Waals surface area (Å²) in [6.45, 7) is 4.14. The first-order valence-corrected chi connectivity index (χ1v) is 8.10. The van der Waals surface area contributed by atoms with Crippen molar-refractivity contribution >= 4 is 23.1 Å². The van der Waals surface area contributed by atoms with Crippen molar-refractivity contribution in [3.63, 3.8) is 0 Å². The Balaban J connectivity index is 2.01. The van der Waals surface area contributed by atoms with Crippen LogP contribution in [0.15, 0.2) is 48.5 Å². The van der Waals surface area contributed by atoms with Gasteiger partial charge in [-0.3, -0.25) is 0 Å². The number of aromatic nitrogens is 2. The largest absolute Gasteiger partial charge is 0.340 e. The molecule has 1 aromatic heterocycles. The van der Waals surface area contributed by atoms with Crippen LogP contribution in [-0.2, 0) is 6.42 Å². The third kappa shape index (κ3) is 3.54. The summed E-state index contributed by atoms with van der Waals surface area (Å²) >= 11 is 6.13. The maximum Gasteiger partial charge on any atom is 0.163 e. The second-order valence-corrected chi connectivity index (χ2v) is 5.88. The standard InChI is InChI=1S/C19H17ClFN3/c1-3-13-7-4-6-12(2)18(13)23-17-11-16(20)22-19(24-17)14-8-5-9-15(21)10-14/h4-11H,3H2,1-2H3,(H,22,23,24). The van der Waals surface area contributed by atoms with Gasteiger partial charge >= 0.3 is 0 Å². The van der Waals surface area contributed by atoms with Crippen LogP contribution in [0.3, 0.4) is 0 Å². The van der Waals surface area contributed by atoms with Gasteiger partial charge in [-0.2, -0.15) is 0 Å². The number of nitrogens with one attached hydrogen (secondary N) is 1. The molecule has 0 saturated carbocycles. The van der Waals surface area contributed by atoms with Crippen molar-refractivity contribution in [1.29, 1.82) is 0 Å². The van der Waals surface area contributed by atoms with Gasteiger partial charge in [0.1, 0.15) is 16.8 Å². The molecule has 0 atom stereocenters. The van der Waals surface area contributed by atoms with Crippen molar-refractivity contribution in [1.82, 2.24) is 9.97 Å². The average molecular weight is 342 g/mol. The molecule has 0 radical (unpaired) electrons. The maximum atomic E-state index is 13.4. The van der Waals surface area contributed by atoms with Gasteiger partial charge < -0.3 is 5.32 Å². The lowest BCUT2D eigenvalue weighted by molar-refractivity contribution is 0.628. The number of anilines is 2. The summed E-state index contributed by atoms with van der Waals surface area (Å²) < 4.78 is 13.4. The quantitative estimate of drug-likeness (QED) is 0.632. The molecule has 0 aliphatic carbocycles. The highest BCUT2D eigenvalue weighted by Crippen LogP contribution is 2.27. The zero-order valence-electron chi connectivity index (χ0n) is 13.5. The van der Waals surface area contributed by atoms with Crippen LogP contribution in [0, 0.1) is 12.7 Å². The first kappa shape index (κ1) is 16.4. The Morgan fingerprint density at radius 1 is 1.08 bits per heavy atom. The molecule has 0 aliphatic rings. The van der Waals surface area contributed by atoms with E-state index < -0.39 is 0 Å². The number of para-hydroxylation sites is 1. The van der Waals surface area contributed by atoms with Gasteiger partial charge in [-0.15, -0.1) is 0 Å². The molecular weight excluding hydrogens is 325 g/mol. The van der Waals surface area contributed by atoms with Crippen molar-refractivity contribution in [2.24, 2.45) is 0 Å². The lowest BCUT2D eigenvalue weighted by Crippen LogP contribution is -2.02. The van der Waals surface area contributed by atoms with Crippen LogP contribution in [0.4, 0.5) is 15.9 Å². The minimum atomic E-state index is -0.335. The van der Waals surface area contributed by atoms with Crippen LogP contribution < -0.4 is 5.32 Å². The maximum absolute atomic E-state index is 13.4. The van der Waals surface area contributed by atoms with E-state index in [2.05, 4.69) is 28.3 Å². The van der Waals surface area contributed by atoms with Gasteiger partial charge in [0.05, 0.1) is 0 Å². The highest BCUT2D eigenvalue weighted by Gasteiger charge is 2.10. The summed E-state index contributed by atoms with van der Waals surface area (Å²) in [6, 6.07) is 14.0. The van der Waals surface area contributed by atoms with E-state index in [-0.39, 0.29) is 5.82 Å². The van der Waals surface area contributed by atoms with Crippen LogP contribution in [0.2, 0.25) is 5.15 Å². The number of hydrogen-bond acceptors (Lipinski definition) is 3. The van der Waals surface area contributed by atoms with Crippen molar-refractivity contribution in [3.05, 3.63) is 70.6 Å². The molecule has 3 nitrogen and oxygen atoms in total. The minimum Gasteiger partial charge on any atom is -0.340 e. The van der Waals surface area contributed by atoms with E-state index in [4.69, 9.17) is 11.6 Å². The molecule has 1 N–H and O–H groups in total.